The molecule has 142 valence electrons. The van der Waals surface area contributed by atoms with Crippen LogP contribution < -0.4 is 5.32 Å². The van der Waals surface area contributed by atoms with E-state index in [1.165, 1.54) is 37.7 Å². The van der Waals surface area contributed by atoms with Crippen LogP contribution in [0.25, 0.3) is 0 Å². The molecule has 1 aliphatic carbocycles. The Morgan fingerprint density at radius 2 is 1.63 bits per heavy atom. The topological polar surface area (TPSA) is 66.4 Å². The van der Waals surface area contributed by atoms with Gasteiger partial charge in [0, 0.05) is 18.5 Å². The van der Waals surface area contributed by atoms with Crippen LogP contribution in [0.1, 0.15) is 65.9 Å². The van der Waals surface area contributed by atoms with E-state index in [9.17, 15) is 14.7 Å². The molecule has 2 N–H and O–H groups in total. The van der Waals surface area contributed by atoms with Crippen LogP contribution in [0.5, 0.6) is 0 Å². The first-order chi connectivity index (χ1) is 13.1. The van der Waals surface area contributed by atoms with Crippen molar-refractivity contribution in [1.82, 2.24) is 5.32 Å². The van der Waals surface area contributed by atoms with Gasteiger partial charge in [0.15, 0.2) is 5.78 Å². The molecule has 0 bridgehead atoms. The first-order valence-corrected chi connectivity index (χ1v) is 9.77. The van der Waals surface area contributed by atoms with E-state index < -0.39 is 12.0 Å². The Labute approximate surface area is 160 Å². The summed E-state index contributed by atoms with van der Waals surface area (Å²) in [4.78, 5) is 24.1. The Morgan fingerprint density at radius 1 is 0.963 bits per heavy atom. The molecule has 3 rings (SSSR count). The van der Waals surface area contributed by atoms with Crippen molar-refractivity contribution < 1.29 is 14.7 Å². The van der Waals surface area contributed by atoms with Crippen molar-refractivity contribution in [3.63, 3.8) is 0 Å². The van der Waals surface area contributed by atoms with Gasteiger partial charge in [-0.25, -0.2) is 0 Å². The normalized spacial score (nSPS) is 16.0. The Kier molecular flexibility index (Phi) is 6.77. The second-order valence-corrected chi connectivity index (χ2v) is 7.34. The van der Waals surface area contributed by atoms with Crippen LogP contribution in [0.3, 0.4) is 0 Å². The summed E-state index contributed by atoms with van der Waals surface area (Å²) in [7, 11) is 0. The fraction of sp³-hybridized carbons (Fsp3) is 0.391. The standard InChI is InChI=1S/C23H27NO3/c25-22(15-21(23(26)27)24-16-17-7-3-1-4-8-17)20-13-11-19(12-14-20)18-9-5-2-6-10-18/h1,3-4,7-8,11-14,18,21,24H,2,5-6,9-10,15-16H2,(H,26,27). The quantitative estimate of drug-likeness (QED) is 0.674. The highest BCUT2D eigenvalue weighted by Gasteiger charge is 2.22. The number of hydrogen-bond acceptors (Lipinski definition) is 3. The first kappa shape index (κ1) is 19.3. The molecule has 2 aromatic rings. The SMILES string of the molecule is O=C(CC(NCc1ccccc1)C(=O)O)c1ccc(C2CCCCC2)cc1. The van der Waals surface area contributed by atoms with Crippen LogP contribution in [0.2, 0.25) is 0 Å². The Hall–Kier alpha value is -2.46. The van der Waals surface area contributed by atoms with Gasteiger partial charge in [-0.1, -0.05) is 73.9 Å². The summed E-state index contributed by atoms with van der Waals surface area (Å²) in [5, 5.41) is 12.4. The van der Waals surface area contributed by atoms with Gasteiger partial charge < -0.3 is 5.11 Å². The molecule has 4 nitrogen and oxygen atoms in total. The number of carboxylic acid groups (broad SMARTS) is 1. The van der Waals surface area contributed by atoms with E-state index in [1.807, 2.05) is 54.6 Å². The van der Waals surface area contributed by atoms with E-state index in [2.05, 4.69) is 5.32 Å². The lowest BCUT2D eigenvalue weighted by Crippen LogP contribution is -2.38. The number of Topliss-reactive ketones (excluding diaryl/α,β-unsaturated/α-hetero) is 1. The average Bonchev–Trinajstić information content (AvgIpc) is 2.72. The molecule has 0 spiro atoms. The summed E-state index contributed by atoms with van der Waals surface area (Å²) in [6.45, 7) is 0.422. The van der Waals surface area contributed by atoms with Gasteiger partial charge in [-0.3, -0.25) is 14.9 Å². The molecule has 2 aromatic carbocycles. The summed E-state index contributed by atoms with van der Waals surface area (Å²) < 4.78 is 0. The summed E-state index contributed by atoms with van der Waals surface area (Å²) >= 11 is 0. The van der Waals surface area contributed by atoms with Gasteiger partial charge in [0.05, 0.1) is 0 Å². The Balaban J connectivity index is 1.58. The molecule has 0 radical (unpaired) electrons. The molecule has 4 heteroatoms. The zero-order chi connectivity index (χ0) is 19.1. The molecule has 1 aliphatic rings. The maximum absolute atomic E-state index is 12.6. The minimum atomic E-state index is -1.00. The molecule has 0 saturated heterocycles. The fourth-order valence-electron chi connectivity index (χ4n) is 3.76. The minimum absolute atomic E-state index is 0.0507. The van der Waals surface area contributed by atoms with Crippen molar-refractivity contribution in [2.75, 3.05) is 0 Å². The van der Waals surface area contributed by atoms with Gasteiger partial charge in [-0.15, -0.1) is 0 Å². The zero-order valence-electron chi connectivity index (χ0n) is 15.6. The average molecular weight is 365 g/mol. The molecular formula is C23H27NO3. The predicted octanol–water partition coefficient (Wildman–Crippen LogP) is 4.55. The lowest BCUT2D eigenvalue weighted by atomic mass is 9.84. The third-order valence-corrected chi connectivity index (χ3v) is 5.39. The van der Waals surface area contributed by atoms with E-state index in [-0.39, 0.29) is 12.2 Å². The Bertz CT molecular complexity index is 749. The molecule has 1 unspecified atom stereocenters. The second-order valence-electron chi connectivity index (χ2n) is 7.34. The molecule has 27 heavy (non-hydrogen) atoms. The maximum Gasteiger partial charge on any atom is 0.321 e. The highest BCUT2D eigenvalue weighted by atomic mass is 16.4. The van der Waals surface area contributed by atoms with Gasteiger partial charge in [0.1, 0.15) is 6.04 Å². The highest BCUT2D eigenvalue weighted by molar-refractivity contribution is 5.98. The summed E-state index contributed by atoms with van der Waals surface area (Å²) in [6.07, 6.45) is 6.26. The van der Waals surface area contributed by atoms with Crippen molar-refractivity contribution in [3.8, 4) is 0 Å². The van der Waals surface area contributed by atoms with Crippen LogP contribution >= 0.6 is 0 Å². The van der Waals surface area contributed by atoms with Gasteiger partial charge in [0.25, 0.3) is 0 Å². The van der Waals surface area contributed by atoms with Crippen molar-refractivity contribution in [1.29, 1.82) is 0 Å². The minimum Gasteiger partial charge on any atom is -0.480 e. The monoisotopic (exact) mass is 365 g/mol. The van der Waals surface area contributed by atoms with Crippen LogP contribution in [-0.2, 0) is 11.3 Å². The maximum atomic E-state index is 12.6. The van der Waals surface area contributed by atoms with E-state index in [1.54, 1.807) is 0 Å². The van der Waals surface area contributed by atoms with E-state index in [0.717, 1.165) is 5.56 Å². The van der Waals surface area contributed by atoms with Crippen LogP contribution in [0.15, 0.2) is 54.6 Å². The number of benzene rings is 2. The highest BCUT2D eigenvalue weighted by Crippen LogP contribution is 2.32. The smallest absolute Gasteiger partial charge is 0.321 e. The van der Waals surface area contributed by atoms with E-state index in [4.69, 9.17) is 0 Å². The number of carboxylic acids is 1. The largest absolute Gasteiger partial charge is 0.480 e. The van der Waals surface area contributed by atoms with Gasteiger partial charge in [0.2, 0.25) is 0 Å². The summed E-state index contributed by atoms with van der Waals surface area (Å²) in [5.74, 6) is -0.543. The van der Waals surface area contributed by atoms with Crippen molar-refractivity contribution in [3.05, 3.63) is 71.3 Å². The summed E-state index contributed by atoms with van der Waals surface area (Å²) in [5.41, 5.74) is 2.87. The molecule has 0 amide bonds. The number of hydrogen-bond donors (Lipinski definition) is 2. The lowest BCUT2D eigenvalue weighted by molar-refractivity contribution is -0.139. The van der Waals surface area contributed by atoms with Crippen molar-refractivity contribution >= 4 is 11.8 Å². The molecule has 0 heterocycles. The second kappa shape index (κ2) is 9.47. The molecular weight excluding hydrogens is 338 g/mol. The van der Waals surface area contributed by atoms with Crippen LogP contribution in [0, 0.1) is 0 Å². The predicted molar refractivity (Wildman–Crippen MR) is 106 cm³/mol. The number of carbonyl (C=O) groups is 2. The number of ketones is 1. The Morgan fingerprint density at radius 3 is 2.26 bits per heavy atom. The van der Waals surface area contributed by atoms with Crippen molar-refractivity contribution in [2.45, 2.75) is 57.0 Å². The van der Waals surface area contributed by atoms with Crippen LogP contribution in [0.4, 0.5) is 0 Å². The molecule has 1 atom stereocenters. The zero-order valence-corrected chi connectivity index (χ0v) is 15.6. The number of aliphatic carboxylic acids is 1. The number of rotatable bonds is 8. The molecule has 0 aromatic heterocycles. The summed E-state index contributed by atoms with van der Waals surface area (Å²) in [6, 6.07) is 16.5. The van der Waals surface area contributed by atoms with Crippen LogP contribution in [-0.4, -0.2) is 22.9 Å². The van der Waals surface area contributed by atoms with E-state index >= 15 is 0 Å². The van der Waals surface area contributed by atoms with E-state index in [0.29, 0.717) is 18.0 Å². The van der Waals surface area contributed by atoms with Gasteiger partial charge >= 0.3 is 5.97 Å². The third-order valence-electron chi connectivity index (χ3n) is 5.39. The lowest BCUT2D eigenvalue weighted by Gasteiger charge is -2.22. The molecule has 1 saturated carbocycles. The van der Waals surface area contributed by atoms with Crippen molar-refractivity contribution in [2.24, 2.45) is 0 Å². The third kappa shape index (κ3) is 5.51. The number of carbonyl (C=O) groups excluding carboxylic acids is 1. The van der Waals surface area contributed by atoms with Gasteiger partial charge in [-0.2, -0.15) is 0 Å². The fourth-order valence-corrected chi connectivity index (χ4v) is 3.76. The molecule has 0 aliphatic heterocycles. The molecule has 1 fully saturated rings. The van der Waals surface area contributed by atoms with Gasteiger partial charge in [-0.05, 0) is 29.9 Å². The first-order valence-electron chi connectivity index (χ1n) is 9.77. The number of nitrogens with one attached hydrogen (secondary N) is 1.